The maximum Gasteiger partial charge on any atom is 0.0400 e. The molecule has 0 bridgehead atoms. The minimum absolute atomic E-state index is 0.481. The number of rotatable bonds is 1. The molecule has 0 saturated carbocycles. The Morgan fingerprint density at radius 2 is 2.62 bits per heavy atom. The summed E-state index contributed by atoms with van der Waals surface area (Å²) in [7, 11) is 0. The van der Waals surface area contributed by atoms with Crippen molar-refractivity contribution in [2.24, 2.45) is 0 Å². The Morgan fingerprint density at radius 1 is 1.75 bits per heavy atom. The summed E-state index contributed by atoms with van der Waals surface area (Å²) in [6.07, 6.45) is 0.276. The third-order valence-corrected chi connectivity index (χ3v) is 0.921. The monoisotopic (exact) mass is 109 g/mol. The average molecular weight is 109 g/mol. The largest absolute Gasteiger partial charge is 0.261 e. The van der Waals surface area contributed by atoms with Crippen molar-refractivity contribution in [3.63, 3.8) is 0 Å². The van der Waals surface area contributed by atoms with Gasteiger partial charge < -0.3 is 0 Å². The highest BCUT2D eigenvalue weighted by Crippen LogP contribution is 1.91. The van der Waals surface area contributed by atoms with Crippen LogP contribution in [0.3, 0.4) is 0 Å². The molecule has 0 fully saturated rings. The van der Waals surface area contributed by atoms with Crippen LogP contribution in [0, 0.1) is 0 Å². The summed E-state index contributed by atoms with van der Waals surface area (Å²) in [5, 5.41) is 0. The molecule has 1 heteroatoms. The molecule has 0 saturated heterocycles. The van der Waals surface area contributed by atoms with Crippen molar-refractivity contribution in [3.8, 4) is 0 Å². The molecule has 1 aromatic rings. The number of hydrogen-bond donors (Lipinski definition) is 0. The first kappa shape index (κ1) is 3.23. The number of nitrogens with zero attached hydrogens (tertiary/aromatic N) is 1. The Hall–Kier alpha value is -0.850. The van der Waals surface area contributed by atoms with E-state index in [0.29, 0.717) is 5.69 Å². The van der Waals surface area contributed by atoms with E-state index in [0.717, 1.165) is 0 Å². The molecule has 0 aliphatic rings. The second-order valence-corrected chi connectivity index (χ2v) is 1.46. The van der Waals surface area contributed by atoms with Crippen molar-refractivity contribution < 1.29 is 2.74 Å². The van der Waals surface area contributed by atoms with Crippen LogP contribution in [0.25, 0.3) is 0 Å². The first-order valence-corrected chi connectivity index (χ1v) is 2.52. The molecule has 0 radical (unpaired) electrons. The maximum atomic E-state index is 7.28. The molecule has 1 rings (SSSR count). The highest BCUT2D eigenvalue weighted by Gasteiger charge is 1.81. The van der Waals surface area contributed by atoms with Crippen LogP contribution < -0.4 is 0 Å². The van der Waals surface area contributed by atoms with Crippen molar-refractivity contribution in [2.75, 3.05) is 0 Å². The molecule has 0 spiro atoms. The van der Waals surface area contributed by atoms with Crippen LogP contribution in [-0.4, -0.2) is 4.98 Å². The Balaban J connectivity index is 2.97. The number of pyridine rings is 1. The minimum atomic E-state index is -1.32. The highest BCUT2D eigenvalue weighted by atomic mass is 14.6. The van der Waals surface area contributed by atoms with Gasteiger partial charge in [-0.05, 0) is 18.5 Å². The zero-order chi connectivity index (χ0) is 7.61. The Labute approximate surface area is 52.2 Å². The standard InChI is InChI=1S/C7H9N/c1-2-7-5-3-4-6-8-7/h3-6H,2H2,1H3/i2D2. The van der Waals surface area contributed by atoms with Gasteiger partial charge in [0.2, 0.25) is 0 Å². The van der Waals surface area contributed by atoms with Crippen LogP contribution >= 0.6 is 0 Å². The molecule has 0 N–H and O–H groups in total. The summed E-state index contributed by atoms with van der Waals surface area (Å²) in [5.74, 6) is 0. The highest BCUT2D eigenvalue weighted by molar-refractivity contribution is 5.02. The number of aromatic nitrogens is 1. The van der Waals surface area contributed by atoms with E-state index in [4.69, 9.17) is 2.74 Å². The van der Waals surface area contributed by atoms with E-state index in [1.165, 1.54) is 6.92 Å². The van der Waals surface area contributed by atoms with E-state index in [9.17, 15) is 0 Å². The van der Waals surface area contributed by atoms with Gasteiger partial charge >= 0.3 is 0 Å². The van der Waals surface area contributed by atoms with Gasteiger partial charge in [0.1, 0.15) is 0 Å². The first-order chi connectivity index (χ1) is 4.61. The van der Waals surface area contributed by atoms with Crippen molar-refractivity contribution in [1.82, 2.24) is 4.98 Å². The van der Waals surface area contributed by atoms with Crippen LogP contribution in [0.4, 0.5) is 0 Å². The lowest BCUT2D eigenvalue weighted by molar-refractivity contribution is 1.04. The van der Waals surface area contributed by atoms with Crippen LogP contribution in [0.15, 0.2) is 24.4 Å². The van der Waals surface area contributed by atoms with Gasteiger partial charge in [-0.1, -0.05) is 13.0 Å². The van der Waals surface area contributed by atoms with Gasteiger partial charge in [-0.2, -0.15) is 0 Å². The third kappa shape index (κ3) is 1.06. The van der Waals surface area contributed by atoms with Crippen LogP contribution in [0.2, 0.25) is 0 Å². The van der Waals surface area contributed by atoms with Gasteiger partial charge in [0.15, 0.2) is 0 Å². The quantitative estimate of drug-likeness (QED) is 0.534. The van der Waals surface area contributed by atoms with Gasteiger partial charge in [0.05, 0.1) is 0 Å². The molecule has 0 amide bonds. The predicted octanol–water partition coefficient (Wildman–Crippen LogP) is 1.64. The Morgan fingerprint density at radius 3 is 3.00 bits per heavy atom. The Kier molecular flexibility index (Phi) is 0.992. The van der Waals surface area contributed by atoms with E-state index in [1.54, 1.807) is 24.4 Å². The van der Waals surface area contributed by atoms with E-state index in [-0.39, 0.29) is 0 Å². The van der Waals surface area contributed by atoms with E-state index in [1.807, 2.05) is 0 Å². The molecule has 1 aromatic heterocycles. The van der Waals surface area contributed by atoms with Gasteiger partial charge in [-0.25, -0.2) is 0 Å². The van der Waals surface area contributed by atoms with Gasteiger partial charge in [-0.15, -0.1) is 0 Å². The third-order valence-electron chi connectivity index (χ3n) is 0.921. The SMILES string of the molecule is [2H]C([2H])(C)c1ccccn1. The topological polar surface area (TPSA) is 12.9 Å². The van der Waals surface area contributed by atoms with Gasteiger partial charge in [0.25, 0.3) is 0 Å². The summed E-state index contributed by atoms with van der Waals surface area (Å²) >= 11 is 0. The van der Waals surface area contributed by atoms with Crippen molar-refractivity contribution >= 4 is 0 Å². The molecular formula is C7H9N. The molecule has 0 atom stereocenters. The zero-order valence-electron chi connectivity index (χ0n) is 6.76. The fraction of sp³-hybridized carbons (Fsp3) is 0.286. The summed E-state index contributed by atoms with van der Waals surface area (Å²) in [4.78, 5) is 3.88. The van der Waals surface area contributed by atoms with Gasteiger partial charge in [0, 0.05) is 14.6 Å². The molecule has 0 aromatic carbocycles. The average Bonchev–Trinajstić information content (AvgIpc) is 1.88. The van der Waals surface area contributed by atoms with Crippen LogP contribution in [0.1, 0.15) is 15.4 Å². The predicted molar refractivity (Wildman–Crippen MR) is 33.6 cm³/mol. The molecule has 42 valence electrons. The summed E-state index contributed by atoms with van der Waals surface area (Å²) in [6, 6.07) is 5.24. The molecule has 0 unspecified atom stereocenters. The molecular weight excluding hydrogens is 98.1 g/mol. The number of hydrogen-bond acceptors (Lipinski definition) is 1. The summed E-state index contributed by atoms with van der Waals surface area (Å²) in [5.41, 5.74) is 0.481. The normalized spacial score (nSPS) is 14.6. The minimum Gasteiger partial charge on any atom is -0.261 e. The molecule has 0 aliphatic heterocycles. The smallest absolute Gasteiger partial charge is 0.0400 e. The number of aryl methyl sites for hydroxylation is 1. The first-order valence-electron chi connectivity index (χ1n) is 3.52. The lowest BCUT2D eigenvalue weighted by Gasteiger charge is -1.88. The molecule has 1 heterocycles. The van der Waals surface area contributed by atoms with Crippen molar-refractivity contribution in [1.29, 1.82) is 0 Å². The summed E-state index contributed by atoms with van der Waals surface area (Å²) in [6.45, 7) is 1.50. The van der Waals surface area contributed by atoms with Crippen LogP contribution in [0.5, 0.6) is 0 Å². The second kappa shape index (κ2) is 2.46. The van der Waals surface area contributed by atoms with E-state index >= 15 is 0 Å². The molecule has 0 aliphatic carbocycles. The fourth-order valence-electron chi connectivity index (χ4n) is 0.511. The van der Waals surface area contributed by atoms with Crippen LogP contribution in [-0.2, 0) is 6.37 Å². The fourth-order valence-corrected chi connectivity index (χ4v) is 0.511. The van der Waals surface area contributed by atoms with E-state index < -0.39 is 6.37 Å². The molecule has 1 nitrogen and oxygen atoms in total. The van der Waals surface area contributed by atoms with E-state index in [2.05, 4.69) is 4.98 Å². The van der Waals surface area contributed by atoms with Gasteiger partial charge in [-0.3, -0.25) is 4.98 Å². The maximum absolute atomic E-state index is 7.28. The molecule has 8 heavy (non-hydrogen) atoms. The lowest BCUT2D eigenvalue weighted by atomic mass is 10.3. The lowest BCUT2D eigenvalue weighted by Crippen LogP contribution is -1.81. The van der Waals surface area contributed by atoms with Crippen molar-refractivity contribution in [3.05, 3.63) is 30.1 Å². The van der Waals surface area contributed by atoms with Crippen molar-refractivity contribution in [2.45, 2.75) is 13.3 Å². The second-order valence-electron chi connectivity index (χ2n) is 1.46. The zero-order valence-corrected chi connectivity index (χ0v) is 4.76. The Bertz CT molecular complexity index is 203. The summed E-state index contributed by atoms with van der Waals surface area (Å²) < 4.78 is 14.6.